The van der Waals surface area contributed by atoms with Crippen LogP contribution in [-0.2, 0) is 9.73 Å². The summed E-state index contributed by atoms with van der Waals surface area (Å²) in [5, 5.41) is 0. The number of hydrogen-bond donors (Lipinski definition) is 0. The minimum atomic E-state index is -2.12. The molecule has 3 heteroatoms. The van der Waals surface area contributed by atoms with Crippen LogP contribution in [0.25, 0.3) is 0 Å². The third-order valence-electron chi connectivity index (χ3n) is 2.37. The maximum Gasteiger partial charge on any atom is 0.0752 e. The van der Waals surface area contributed by atoms with Crippen molar-refractivity contribution in [2.75, 3.05) is 5.75 Å². The van der Waals surface area contributed by atoms with Crippen LogP contribution in [0.4, 0.5) is 0 Å². The predicted molar refractivity (Wildman–Crippen MR) is 58.8 cm³/mol. The van der Waals surface area contributed by atoms with Gasteiger partial charge in [-0.15, -0.1) is 0 Å². The minimum Gasteiger partial charge on any atom is -0.245 e. The molecule has 1 aliphatic rings. The van der Waals surface area contributed by atoms with Crippen LogP contribution >= 0.6 is 0 Å². The fraction of sp³-hybridized carbons (Fsp3) is 0.455. The van der Waals surface area contributed by atoms with E-state index < -0.39 is 9.73 Å². The third kappa shape index (κ3) is 1.98. The number of nitrogens with zero attached hydrogens (tertiary/aromatic N) is 1. The monoisotopic (exact) mass is 209 g/mol. The highest BCUT2D eigenvalue weighted by Gasteiger charge is 2.23. The van der Waals surface area contributed by atoms with Crippen molar-refractivity contribution in [3.63, 3.8) is 0 Å². The van der Waals surface area contributed by atoms with E-state index in [9.17, 15) is 4.21 Å². The Morgan fingerprint density at radius 2 is 2.00 bits per heavy atom. The van der Waals surface area contributed by atoms with Gasteiger partial charge in [-0.05, 0) is 25.0 Å². The van der Waals surface area contributed by atoms with Gasteiger partial charge in [-0.3, -0.25) is 0 Å². The molecule has 0 aliphatic heterocycles. The molecule has 1 aromatic carbocycles. The molecular weight excluding hydrogens is 194 g/mol. The van der Waals surface area contributed by atoms with Gasteiger partial charge in [-0.1, -0.05) is 25.1 Å². The van der Waals surface area contributed by atoms with E-state index >= 15 is 0 Å². The Bertz CT molecular complexity index is 414. The molecule has 0 heterocycles. The first kappa shape index (κ1) is 9.71. The molecule has 1 unspecified atom stereocenters. The zero-order chi connectivity index (χ0) is 10.0. The van der Waals surface area contributed by atoms with Crippen molar-refractivity contribution in [1.82, 2.24) is 0 Å². The van der Waals surface area contributed by atoms with E-state index in [1.165, 1.54) is 0 Å². The molecule has 0 radical (unpaired) electrons. The van der Waals surface area contributed by atoms with E-state index in [1.54, 1.807) is 0 Å². The molecule has 1 aliphatic carbocycles. The summed E-state index contributed by atoms with van der Waals surface area (Å²) in [5.41, 5.74) is 0. The molecule has 76 valence electrons. The van der Waals surface area contributed by atoms with Gasteiger partial charge >= 0.3 is 0 Å². The summed E-state index contributed by atoms with van der Waals surface area (Å²) in [7, 11) is -2.12. The summed E-state index contributed by atoms with van der Waals surface area (Å²) < 4.78 is 16.9. The molecule has 0 bridgehead atoms. The van der Waals surface area contributed by atoms with Crippen molar-refractivity contribution >= 4 is 9.73 Å². The van der Waals surface area contributed by atoms with Crippen molar-refractivity contribution < 1.29 is 4.21 Å². The van der Waals surface area contributed by atoms with Crippen LogP contribution in [0.3, 0.4) is 0 Å². The van der Waals surface area contributed by atoms with Crippen LogP contribution in [0.1, 0.15) is 19.8 Å². The van der Waals surface area contributed by atoms with Crippen LogP contribution in [0.15, 0.2) is 39.6 Å². The zero-order valence-electron chi connectivity index (χ0n) is 8.35. The summed E-state index contributed by atoms with van der Waals surface area (Å²) in [6.07, 6.45) is 2.23. The number of rotatable bonds is 3. The third-order valence-corrected chi connectivity index (χ3v) is 4.80. The molecule has 2 rings (SSSR count). The van der Waals surface area contributed by atoms with Crippen molar-refractivity contribution in [2.45, 2.75) is 30.7 Å². The second-order valence-electron chi connectivity index (χ2n) is 3.58. The number of benzene rings is 1. The first-order chi connectivity index (χ1) is 6.74. The molecule has 0 aromatic heterocycles. The van der Waals surface area contributed by atoms with Gasteiger partial charge in [0.1, 0.15) is 0 Å². The maximum atomic E-state index is 12.4. The molecule has 0 N–H and O–H groups in total. The highest BCUT2D eigenvalue weighted by atomic mass is 32.2. The Labute approximate surface area is 85.5 Å². The Morgan fingerprint density at radius 3 is 2.50 bits per heavy atom. The maximum absolute atomic E-state index is 12.4. The highest BCUT2D eigenvalue weighted by Crippen LogP contribution is 2.27. The van der Waals surface area contributed by atoms with Gasteiger partial charge in [0.15, 0.2) is 0 Å². The molecule has 1 atom stereocenters. The van der Waals surface area contributed by atoms with Crippen molar-refractivity contribution in [3.05, 3.63) is 30.3 Å². The smallest absolute Gasteiger partial charge is 0.0752 e. The molecule has 0 amide bonds. The molecule has 0 saturated heterocycles. The summed E-state index contributed by atoms with van der Waals surface area (Å²) in [6, 6.07) is 9.98. The fourth-order valence-electron chi connectivity index (χ4n) is 1.36. The van der Waals surface area contributed by atoms with Gasteiger partial charge < -0.3 is 0 Å². The van der Waals surface area contributed by atoms with Crippen LogP contribution < -0.4 is 0 Å². The lowest BCUT2D eigenvalue weighted by molar-refractivity contribution is 0.675. The van der Waals surface area contributed by atoms with E-state index in [-0.39, 0.29) is 0 Å². The first-order valence-corrected chi connectivity index (χ1v) is 6.72. The average Bonchev–Trinajstić information content (AvgIpc) is 3.03. The predicted octanol–water partition coefficient (Wildman–Crippen LogP) is 2.70. The van der Waals surface area contributed by atoms with E-state index in [2.05, 4.69) is 4.36 Å². The van der Waals surface area contributed by atoms with Gasteiger partial charge in [-0.25, -0.2) is 8.57 Å². The van der Waals surface area contributed by atoms with E-state index in [0.29, 0.717) is 11.8 Å². The van der Waals surface area contributed by atoms with Crippen molar-refractivity contribution in [2.24, 2.45) is 4.36 Å². The fourth-order valence-corrected chi connectivity index (χ4v) is 3.23. The molecule has 0 spiro atoms. The van der Waals surface area contributed by atoms with E-state index in [0.717, 1.165) is 17.7 Å². The Morgan fingerprint density at radius 1 is 1.36 bits per heavy atom. The first-order valence-electron chi connectivity index (χ1n) is 5.03. The van der Waals surface area contributed by atoms with Gasteiger partial charge in [0.25, 0.3) is 0 Å². The largest absolute Gasteiger partial charge is 0.245 e. The Balaban J connectivity index is 2.42. The van der Waals surface area contributed by atoms with Crippen LogP contribution in [0.2, 0.25) is 0 Å². The zero-order valence-corrected chi connectivity index (χ0v) is 9.17. The normalized spacial score (nSPS) is 20.1. The van der Waals surface area contributed by atoms with Gasteiger partial charge in [0, 0.05) is 10.6 Å². The summed E-state index contributed by atoms with van der Waals surface area (Å²) in [6.45, 7) is 1.95. The van der Waals surface area contributed by atoms with Gasteiger partial charge in [-0.2, -0.15) is 0 Å². The second kappa shape index (κ2) is 3.73. The van der Waals surface area contributed by atoms with Crippen molar-refractivity contribution in [3.8, 4) is 0 Å². The lowest BCUT2D eigenvalue weighted by atomic mass is 10.4. The summed E-state index contributed by atoms with van der Waals surface area (Å²) >= 11 is 0. The molecular formula is C11H15NOS. The molecule has 1 fully saturated rings. The lowest BCUT2D eigenvalue weighted by Gasteiger charge is -2.06. The Hall–Kier alpha value is -0.830. The van der Waals surface area contributed by atoms with Gasteiger partial charge in [0.2, 0.25) is 0 Å². The summed E-state index contributed by atoms with van der Waals surface area (Å²) in [5.74, 6) is 0.619. The van der Waals surface area contributed by atoms with Crippen LogP contribution in [-0.4, -0.2) is 16.0 Å². The number of hydrogen-bond acceptors (Lipinski definition) is 2. The minimum absolute atomic E-state index is 0.364. The lowest BCUT2D eigenvalue weighted by Crippen LogP contribution is -2.04. The summed E-state index contributed by atoms with van der Waals surface area (Å²) in [4.78, 5) is 0.884. The molecule has 14 heavy (non-hydrogen) atoms. The Kier molecular flexibility index (Phi) is 2.59. The molecule has 1 saturated carbocycles. The van der Waals surface area contributed by atoms with Crippen LogP contribution in [0, 0.1) is 0 Å². The van der Waals surface area contributed by atoms with E-state index in [1.807, 2.05) is 37.3 Å². The average molecular weight is 209 g/mol. The van der Waals surface area contributed by atoms with Gasteiger partial charge in [0.05, 0.1) is 15.8 Å². The topological polar surface area (TPSA) is 29.4 Å². The van der Waals surface area contributed by atoms with E-state index in [4.69, 9.17) is 0 Å². The molecule has 2 nitrogen and oxygen atoms in total. The quantitative estimate of drug-likeness (QED) is 0.752. The highest BCUT2D eigenvalue weighted by molar-refractivity contribution is 7.93. The standard InChI is InChI=1S/C11H15NOS/c1-2-14(13,12-10-8-9-10)11-6-4-3-5-7-11/h3-7,10H,2,8-9H2,1H3. The van der Waals surface area contributed by atoms with Crippen LogP contribution in [0.5, 0.6) is 0 Å². The van der Waals surface area contributed by atoms with Crippen molar-refractivity contribution in [1.29, 1.82) is 0 Å². The SMILES string of the molecule is CCS(=O)(=NC1CC1)c1ccccc1. The molecule has 1 aromatic rings. The second-order valence-corrected chi connectivity index (χ2v) is 6.12.